The largest absolute Gasteiger partial charge is 0.366 e. The molecule has 100 valence electrons. The quantitative estimate of drug-likeness (QED) is 0.794. The molecule has 1 amide bonds. The molecule has 6 heteroatoms. The molecule has 1 rings (SSSR count). The topological polar surface area (TPSA) is 72.5 Å². The van der Waals surface area contributed by atoms with Crippen LogP contribution in [0.3, 0.4) is 0 Å². The number of sulfone groups is 1. The minimum absolute atomic E-state index is 0.0168. The lowest BCUT2D eigenvalue weighted by Crippen LogP contribution is -2.35. The van der Waals surface area contributed by atoms with Crippen LogP contribution < -0.4 is 5.32 Å². The molecule has 0 aromatic carbocycles. The predicted molar refractivity (Wildman–Crippen MR) is 65.5 cm³/mol. The zero-order valence-corrected chi connectivity index (χ0v) is 11.5. The first-order valence-corrected chi connectivity index (χ1v) is 7.61. The molecule has 5 nitrogen and oxygen atoms in total. The maximum Gasteiger partial charge on any atom is 0.246 e. The van der Waals surface area contributed by atoms with E-state index in [0.717, 1.165) is 0 Å². The van der Waals surface area contributed by atoms with Crippen molar-refractivity contribution in [3.05, 3.63) is 0 Å². The summed E-state index contributed by atoms with van der Waals surface area (Å²) in [5.41, 5.74) is -0.339. The van der Waals surface area contributed by atoms with E-state index < -0.39 is 9.84 Å². The number of carbonyl (C=O) groups is 1. The number of nitrogens with one attached hydrogen (secondary N) is 1. The van der Waals surface area contributed by atoms with Gasteiger partial charge < -0.3 is 10.1 Å². The molecule has 1 fully saturated rings. The monoisotopic (exact) mass is 263 g/mol. The highest BCUT2D eigenvalue weighted by atomic mass is 32.2. The highest BCUT2D eigenvalue weighted by Gasteiger charge is 2.27. The van der Waals surface area contributed by atoms with Gasteiger partial charge in [0, 0.05) is 6.54 Å². The van der Waals surface area contributed by atoms with E-state index in [1.165, 1.54) is 0 Å². The van der Waals surface area contributed by atoms with Crippen LogP contribution >= 0.6 is 0 Å². The summed E-state index contributed by atoms with van der Waals surface area (Å²) >= 11 is 0. The van der Waals surface area contributed by atoms with Gasteiger partial charge in [-0.05, 0) is 33.1 Å². The SMILES string of the molecule is CC(C)(C)OCC(=O)NCC1CCS(=O)(=O)C1. The van der Waals surface area contributed by atoms with Crippen LogP contribution in [0.1, 0.15) is 27.2 Å². The van der Waals surface area contributed by atoms with Gasteiger partial charge in [0.25, 0.3) is 0 Å². The predicted octanol–water partition coefficient (Wildman–Crippen LogP) is 0.352. The Morgan fingerprint density at radius 2 is 2.06 bits per heavy atom. The maximum absolute atomic E-state index is 11.4. The second kappa shape index (κ2) is 5.35. The third kappa shape index (κ3) is 6.02. The molecule has 1 aliphatic rings. The van der Waals surface area contributed by atoms with E-state index in [4.69, 9.17) is 4.74 Å². The molecule has 1 aliphatic heterocycles. The molecule has 1 heterocycles. The summed E-state index contributed by atoms with van der Waals surface area (Å²) in [6.07, 6.45) is 0.642. The van der Waals surface area contributed by atoms with Crippen molar-refractivity contribution >= 4 is 15.7 Å². The van der Waals surface area contributed by atoms with Gasteiger partial charge in [-0.1, -0.05) is 0 Å². The molecule has 17 heavy (non-hydrogen) atoms. The number of rotatable bonds is 4. The van der Waals surface area contributed by atoms with Gasteiger partial charge in [-0.25, -0.2) is 8.42 Å². The van der Waals surface area contributed by atoms with Crippen LogP contribution in [-0.4, -0.2) is 44.6 Å². The summed E-state index contributed by atoms with van der Waals surface area (Å²) in [5, 5.41) is 2.71. The summed E-state index contributed by atoms with van der Waals surface area (Å²) in [7, 11) is -2.86. The zero-order chi connectivity index (χ0) is 13.1. The highest BCUT2D eigenvalue weighted by molar-refractivity contribution is 7.91. The summed E-state index contributed by atoms with van der Waals surface area (Å²) in [6, 6.07) is 0. The van der Waals surface area contributed by atoms with Crippen molar-refractivity contribution < 1.29 is 17.9 Å². The van der Waals surface area contributed by atoms with Crippen molar-refractivity contribution in [1.82, 2.24) is 5.32 Å². The first kappa shape index (κ1) is 14.4. The van der Waals surface area contributed by atoms with E-state index >= 15 is 0 Å². The lowest BCUT2D eigenvalue weighted by Gasteiger charge is -2.19. The van der Waals surface area contributed by atoms with E-state index in [9.17, 15) is 13.2 Å². The van der Waals surface area contributed by atoms with Crippen LogP contribution in [-0.2, 0) is 19.4 Å². The van der Waals surface area contributed by atoms with Gasteiger partial charge in [0.05, 0.1) is 17.1 Å². The molecule has 0 aromatic heterocycles. The highest BCUT2D eigenvalue weighted by Crippen LogP contribution is 2.17. The summed E-state index contributed by atoms with van der Waals surface area (Å²) in [5.74, 6) is 0.294. The second-order valence-electron chi connectivity index (χ2n) is 5.47. The fourth-order valence-electron chi connectivity index (χ4n) is 1.62. The molecule has 1 atom stereocenters. The lowest BCUT2D eigenvalue weighted by atomic mass is 10.1. The third-order valence-corrected chi connectivity index (χ3v) is 4.39. The molecule has 0 aliphatic carbocycles. The normalized spacial score (nSPS) is 23.6. The van der Waals surface area contributed by atoms with E-state index in [-0.39, 0.29) is 35.5 Å². The minimum atomic E-state index is -2.86. The van der Waals surface area contributed by atoms with Crippen molar-refractivity contribution in [3.63, 3.8) is 0 Å². The Kier molecular flexibility index (Phi) is 4.55. The molecule has 1 saturated heterocycles. The fourth-order valence-corrected chi connectivity index (χ4v) is 3.49. The minimum Gasteiger partial charge on any atom is -0.366 e. The number of amides is 1. The van der Waals surface area contributed by atoms with Crippen molar-refractivity contribution in [2.75, 3.05) is 24.7 Å². The molecule has 0 saturated carbocycles. The molecule has 1 unspecified atom stereocenters. The molecular formula is C11H21NO4S. The van der Waals surface area contributed by atoms with Crippen molar-refractivity contribution in [1.29, 1.82) is 0 Å². The Bertz CT molecular complexity index is 369. The average Bonchev–Trinajstić information content (AvgIpc) is 2.51. The summed E-state index contributed by atoms with van der Waals surface area (Å²) < 4.78 is 27.7. The van der Waals surface area contributed by atoms with Gasteiger partial charge in [-0.3, -0.25) is 4.79 Å². The Hall–Kier alpha value is -0.620. The van der Waals surface area contributed by atoms with Gasteiger partial charge >= 0.3 is 0 Å². The molecule has 0 spiro atoms. The van der Waals surface area contributed by atoms with Crippen LogP contribution in [0, 0.1) is 5.92 Å². The average molecular weight is 263 g/mol. The van der Waals surface area contributed by atoms with Crippen molar-refractivity contribution in [2.24, 2.45) is 5.92 Å². The maximum atomic E-state index is 11.4. The van der Waals surface area contributed by atoms with Crippen LogP contribution in [0.2, 0.25) is 0 Å². The first-order valence-electron chi connectivity index (χ1n) is 5.79. The van der Waals surface area contributed by atoms with Crippen molar-refractivity contribution in [2.45, 2.75) is 32.8 Å². The van der Waals surface area contributed by atoms with Crippen LogP contribution in [0.5, 0.6) is 0 Å². The third-order valence-electron chi connectivity index (χ3n) is 2.55. The number of hydrogen-bond acceptors (Lipinski definition) is 4. The van der Waals surface area contributed by atoms with Gasteiger partial charge in [-0.2, -0.15) is 0 Å². The van der Waals surface area contributed by atoms with Crippen LogP contribution in [0.25, 0.3) is 0 Å². The van der Waals surface area contributed by atoms with Crippen molar-refractivity contribution in [3.8, 4) is 0 Å². The smallest absolute Gasteiger partial charge is 0.246 e. The standard InChI is InChI=1S/C11H21NO4S/c1-11(2,3)16-7-10(13)12-6-9-4-5-17(14,15)8-9/h9H,4-8H2,1-3H3,(H,12,13). The Balaban J connectivity index is 2.21. The van der Waals surface area contributed by atoms with E-state index in [0.29, 0.717) is 13.0 Å². The molecule has 1 N–H and O–H groups in total. The molecule has 0 bridgehead atoms. The van der Waals surface area contributed by atoms with Gasteiger partial charge in [-0.15, -0.1) is 0 Å². The molecular weight excluding hydrogens is 242 g/mol. The van der Waals surface area contributed by atoms with Gasteiger partial charge in [0.15, 0.2) is 9.84 Å². The Labute approximate surface area is 103 Å². The number of carbonyl (C=O) groups excluding carboxylic acids is 1. The summed E-state index contributed by atoms with van der Waals surface area (Å²) in [4.78, 5) is 11.4. The van der Waals surface area contributed by atoms with Crippen LogP contribution in [0.4, 0.5) is 0 Å². The molecule has 0 radical (unpaired) electrons. The lowest BCUT2D eigenvalue weighted by molar-refractivity contribution is -0.130. The molecule has 0 aromatic rings. The van der Waals surface area contributed by atoms with Gasteiger partial charge in [0.1, 0.15) is 6.61 Å². The van der Waals surface area contributed by atoms with E-state index in [2.05, 4.69) is 5.32 Å². The van der Waals surface area contributed by atoms with E-state index in [1.807, 2.05) is 20.8 Å². The number of hydrogen-bond donors (Lipinski definition) is 1. The number of ether oxygens (including phenoxy) is 1. The second-order valence-corrected chi connectivity index (χ2v) is 7.70. The fraction of sp³-hybridized carbons (Fsp3) is 0.909. The first-order chi connectivity index (χ1) is 7.68. The Morgan fingerprint density at radius 3 is 2.53 bits per heavy atom. The Morgan fingerprint density at radius 1 is 1.41 bits per heavy atom. The van der Waals surface area contributed by atoms with E-state index in [1.54, 1.807) is 0 Å². The van der Waals surface area contributed by atoms with Crippen LogP contribution in [0.15, 0.2) is 0 Å². The van der Waals surface area contributed by atoms with Gasteiger partial charge in [0.2, 0.25) is 5.91 Å². The zero-order valence-electron chi connectivity index (χ0n) is 10.7. The summed E-state index contributed by atoms with van der Waals surface area (Å²) in [6.45, 7) is 6.08.